The van der Waals surface area contributed by atoms with E-state index in [0.717, 1.165) is 54.7 Å². The van der Waals surface area contributed by atoms with Gasteiger partial charge in [-0.25, -0.2) is 4.99 Å². The maximum atomic E-state index is 5.76. The summed E-state index contributed by atoms with van der Waals surface area (Å²) in [5.41, 5.74) is 2.27. The van der Waals surface area contributed by atoms with Gasteiger partial charge in [-0.3, -0.25) is 0 Å². The number of methoxy groups -OCH3 is 1. The molecule has 6 heteroatoms. The average molecular weight is 383 g/mol. The lowest BCUT2D eigenvalue weighted by molar-refractivity contribution is 0.297. The Balaban J connectivity index is 1.59. The highest BCUT2D eigenvalue weighted by Gasteiger charge is 2.10. The van der Waals surface area contributed by atoms with Gasteiger partial charge in [0, 0.05) is 19.5 Å². The molecule has 0 unspecified atom stereocenters. The summed E-state index contributed by atoms with van der Waals surface area (Å²) in [4.78, 5) is 4.70. The topological polar surface area (TPSA) is 64.1 Å². The molecule has 28 heavy (non-hydrogen) atoms. The first-order chi connectivity index (χ1) is 13.8. The highest BCUT2D eigenvalue weighted by atomic mass is 16.5. The Morgan fingerprint density at radius 3 is 2.71 bits per heavy atom. The molecule has 0 saturated heterocycles. The van der Waals surface area contributed by atoms with Gasteiger partial charge in [-0.05, 0) is 42.7 Å². The first-order valence-corrected chi connectivity index (χ1v) is 9.82. The Morgan fingerprint density at radius 2 is 1.89 bits per heavy atom. The number of guanidine groups is 1. The number of fused-ring (bicyclic) bond motifs is 1. The number of aliphatic imine (C=N–C) groups is 1. The van der Waals surface area contributed by atoms with Crippen LogP contribution in [0.1, 0.15) is 24.5 Å². The van der Waals surface area contributed by atoms with E-state index in [1.165, 1.54) is 5.56 Å². The van der Waals surface area contributed by atoms with Gasteiger partial charge in [0.25, 0.3) is 0 Å². The predicted octanol–water partition coefficient (Wildman–Crippen LogP) is 3.15. The summed E-state index contributed by atoms with van der Waals surface area (Å²) in [5, 5.41) is 6.68. The van der Waals surface area contributed by atoms with Gasteiger partial charge in [0.1, 0.15) is 5.75 Å². The summed E-state index contributed by atoms with van der Waals surface area (Å²) in [7, 11) is 1.70. The standard InChI is InChI=1S/C22H29N3O3/c1-3-23-22(24-12-11-18-7-4-5-8-19(18)26-2)25-16-17-9-10-20-21(15-17)28-14-6-13-27-20/h4-5,7-10,15H,3,6,11-14,16H2,1-2H3,(H2,23,24,25). The van der Waals surface area contributed by atoms with Crippen molar-refractivity contribution in [1.82, 2.24) is 10.6 Å². The van der Waals surface area contributed by atoms with Crippen molar-refractivity contribution in [1.29, 1.82) is 0 Å². The molecule has 0 spiro atoms. The molecule has 1 heterocycles. The number of para-hydroxylation sites is 1. The molecule has 2 aromatic rings. The van der Waals surface area contributed by atoms with E-state index >= 15 is 0 Å². The minimum atomic E-state index is 0.570. The molecule has 0 saturated carbocycles. The minimum absolute atomic E-state index is 0.570. The van der Waals surface area contributed by atoms with Crippen molar-refractivity contribution >= 4 is 5.96 Å². The van der Waals surface area contributed by atoms with Crippen LogP contribution in [0.4, 0.5) is 0 Å². The van der Waals surface area contributed by atoms with Crippen molar-refractivity contribution in [2.24, 2.45) is 4.99 Å². The lowest BCUT2D eigenvalue weighted by Crippen LogP contribution is -2.38. The van der Waals surface area contributed by atoms with Crippen molar-refractivity contribution in [2.75, 3.05) is 33.4 Å². The summed E-state index contributed by atoms with van der Waals surface area (Å²) in [6, 6.07) is 14.1. The molecule has 0 amide bonds. The number of ether oxygens (including phenoxy) is 3. The van der Waals surface area contributed by atoms with Crippen molar-refractivity contribution in [3.8, 4) is 17.2 Å². The number of rotatable bonds is 7. The van der Waals surface area contributed by atoms with Crippen molar-refractivity contribution < 1.29 is 14.2 Å². The fourth-order valence-electron chi connectivity index (χ4n) is 3.04. The van der Waals surface area contributed by atoms with Crippen LogP contribution in [0.25, 0.3) is 0 Å². The highest BCUT2D eigenvalue weighted by Crippen LogP contribution is 2.30. The fourth-order valence-corrected chi connectivity index (χ4v) is 3.04. The molecule has 0 aromatic heterocycles. The number of hydrogen-bond donors (Lipinski definition) is 2. The molecule has 6 nitrogen and oxygen atoms in total. The maximum absolute atomic E-state index is 5.76. The molecule has 1 aliphatic rings. The van der Waals surface area contributed by atoms with Gasteiger partial charge >= 0.3 is 0 Å². The van der Waals surface area contributed by atoms with Gasteiger partial charge in [0.15, 0.2) is 17.5 Å². The van der Waals surface area contributed by atoms with Crippen LogP contribution >= 0.6 is 0 Å². The van der Waals surface area contributed by atoms with Crippen LogP contribution in [-0.2, 0) is 13.0 Å². The normalized spacial score (nSPS) is 13.6. The third-order valence-corrected chi connectivity index (χ3v) is 4.46. The number of nitrogens with zero attached hydrogens (tertiary/aromatic N) is 1. The quantitative estimate of drug-likeness (QED) is 0.568. The molecule has 0 atom stereocenters. The van der Waals surface area contributed by atoms with Crippen LogP contribution in [-0.4, -0.2) is 39.4 Å². The largest absolute Gasteiger partial charge is 0.496 e. The van der Waals surface area contributed by atoms with Crippen molar-refractivity contribution in [2.45, 2.75) is 26.3 Å². The second kappa shape index (κ2) is 10.4. The summed E-state index contributed by atoms with van der Waals surface area (Å²) >= 11 is 0. The van der Waals surface area contributed by atoms with E-state index in [-0.39, 0.29) is 0 Å². The Hall–Kier alpha value is -2.89. The Morgan fingerprint density at radius 1 is 1.07 bits per heavy atom. The molecule has 3 rings (SSSR count). The predicted molar refractivity (Wildman–Crippen MR) is 112 cm³/mol. The zero-order chi connectivity index (χ0) is 19.6. The van der Waals surface area contributed by atoms with Crippen molar-refractivity contribution in [3.63, 3.8) is 0 Å². The van der Waals surface area contributed by atoms with Gasteiger partial charge in [0.2, 0.25) is 0 Å². The molecule has 2 N–H and O–H groups in total. The third kappa shape index (κ3) is 5.55. The maximum Gasteiger partial charge on any atom is 0.191 e. The molecule has 0 aliphatic carbocycles. The van der Waals surface area contributed by atoms with Crippen LogP contribution < -0.4 is 24.8 Å². The minimum Gasteiger partial charge on any atom is -0.496 e. The molecular formula is C22H29N3O3. The Labute approximate surface area is 166 Å². The summed E-state index contributed by atoms with van der Waals surface area (Å²) in [6.45, 7) is 5.60. The second-order valence-electron chi connectivity index (χ2n) is 6.52. The molecule has 2 aromatic carbocycles. The van der Waals surface area contributed by atoms with E-state index in [1.54, 1.807) is 7.11 Å². The molecule has 150 valence electrons. The highest BCUT2D eigenvalue weighted by molar-refractivity contribution is 5.79. The van der Waals surface area contributed by atoms with E-state index in [2.05, 4.69) is 23.6 Å². The smallest absolute Gasteiger partial charge is 0.191 e. The van der Waals surface area contributed by atoms with Gasteiger partial charge in [0.05, 0.1) is 26.9 Å². The van der Waals surface area contributed by atoms with Crippen molar-refractivity contribution in [3.05, 3.63) is 53.6 Å². The number of nitrogens with one attached hydrogen (secondary N) is 2. The zero-order valence-electron chi connectivity index (χ0n) is 16.7. The fraction of sp³-hybridized carbons (Fsp3) is 0.409. The average Bonchev–Trinajstić information content (AvgIpc) is 2.97. The van der Waals surface area contributed by atoms with E-state index in [1.807, 2.05) is 36.4 Å². The summed E-state index contributed by atoms with van der Waals surface area (Å²) < 4.78 is 16.9. The molecule has 0 fully saturated rings. The monoisotopic (exact) mass is 383 g/mol. The first-order valence-electron chi connectivity index (χ1n) is 9.82. The van der Waals surface area contributed by atoms with E-state index in [0.29, 0.717) is 19.8 Å². The van der Waals surface area contributed by atoms with Gasteiger partial charge < -0.3 is 24.8 Å². The van der Waals surface area contributed by atoms with Crippen LogP contribution in [0, 0.1) is 0 Å². The number of hydrogen-bond acceptors (Lipinski definition) is 4. The Kier molecular flexibility index (Phi) is 7.41. The third-order valence-electron chi connectivity index (χ3n) is 4.46. The molecular weight excluding hydrogens is 354 g/mol. The van der Waals surface area contributed by atoms with E-state index in [9.17, 15) is 0 Å². The number of benzene rings is 2. The lowest BCUT2D eigenvalue weighted by Gasteiger charge is -2.13. The zero-order valence-corrected chi connectivity index (χ0v) is 16.7. The van der Waals surface area contributed by atoms with E-state index in [4.69, 9.17) is 19.2 Å². The SMILES string of the molecule is CCNC(=NCc1ccc2c(c1)OCCCO2)NCCc1ccccc1OC. The summed E-state index contributed by atoms with van der Waals surface area (Å²) in [6.07, 6.45) is 1.77. The first kappa shape index (κ1) is 19.9. The summed E-state index contributed by atoms with van der Waals surface area (Å²) in [5.74, 6) is 3.33. The molecule has 1 aliphatic heterocycles. The van der Waals surface area contributed by atoms with Gasteiger partial charge in [-0.1, -0.05) is 24.3 Å². The molecule has 0 radical (unpaired) electrons. The Bertz CT molecular complexity index is 792. The van der Waals surface area contributed by atoms with Crippen LogP contribution in [0.5, 0.6) is 17.2 Å². The molecule has 0 bridgehead atoms. The van der Waals surface area contributed by atoms with Crippen LogP contribution in [0.3, 0.4) is 0 Å². The van der Waals surface area contributed by atoms with Crippen LogP contribution in [0.2, 0.25) is 0 Å². The van der Waals surface area contributed by atoms with Gasteiger partial charge in [-0.2, -0.15) is 0 Å². The van der Waals surface area contributed by atoms with E-state index < -0.39 is 0 Å². The van der Waals surface area contributed by atoms with Crippen LogP contribution in [0.15, 0.2) is 47.5 Å². The second-order valence-corrected chi connectivity index (χ2v) is 6.52. The van der Waals surface area contributed by atoms with Gasteiger partial charge in [-0.15, -0.1) is 0 Å². The lowest BCUT2D eigenvalue weighted by atomic mass is 10.1.